The predicted molar refractivity (Wildman–Crippen MR) is 113 cm³/mol. The minimum atomic E-state index is -4.53. The van der Waals surface area contributed by atoms with Crippen molar-refractivity contribution in [1.29, 1.82) is 0 Å². The number of hydrogen-bond acceptors (Lipinski definition) is 5. The quantitative estimate of drug-likeness (QED) is 0.474. The van der Waals surface area contributed by atoms with Crippen molar-refractivity contribution in [2.75, 3.05) is 11.9 Å². The lowest BCUT2D eigenvalue weighted by molar-refractivity contribution is -0.140. The van der Waals surface area contributed by atoms with Crippen LogP contribution in [0.2, 0.25) is 0 Å². The summed E-state index contributed by atoms with van der Waals surface area (Å²) in [6.07, 6.45) is -1.69. The van der Waals surface area contributed by atoms with Gasteiger partial charge in [0.05, 0.1) is 11.7 Å². The number of halogens is 3. The van der Waals surface area contributed by atoms with Crippen molar-refractivity contribution < 1.29 is 18.0 Å². The molecule has 0 spiro atoms. The fraction of sp³-hybridized carbons (Fsp3) is 0.227. The highest BCUT2D eigenvalue weighted by Gasteiger charge is 2.32. The highest BCUT2D eigenvalue weighted by Crippen LogP contribution is 2.31. The monoisotopic (exact) mass is 440 g/mol. The van der Waals surface area contributed by atoms with Crippen molar-refractivity contribution in [2.24, 2.45) is 7.05 Å². The molecule has 0 fully saturated rings. The van der Waals surface area contributed by atoms with E-state index in [4.69, 9.17) is 0 Å². The Labute approximate surface area is 181 Å². The largest absolute Gasteiger partial charge is 0.433 e. The van der Waals surface area contributed by atoms with E-state index in [-0.39, 0.29) is 11.4 Å². The van der Waals surface area contributed by atoms with Crippen LogP contribution in [-0.2, 0) is 13.2 Å². The second kappa shape index (κ2) is 7.70. The van der Waals surface area contributed by atoms with Crippen LogP contribution in [0.1, 0.15) is 27.3 Å². The second-order valence-electron chi connectivity index (χ2n) is 7.45. The number of pyridine rings is 1. The van der Waals surface area contributed by atoms with E-state index in [1.807, 2.05) is 26.0 Å². The Morgan fingerprint density at radius 2 is 1.78 bits per heavy atom. The molecule has 4 aromatic rings. The topological polar surface area (TPSA) is 76.8 Å². The first-order valence-corrected chi connectivity index (χ1v) is 9.65. The third-order valence-corrected chi connectivity index (χ3v) is 5.22. The van der Waals surface area contributed by atoms with Crippen LogP contribution in [0.4, 0.5) is 18.9 Å². The summed E-state index contributed by atoms with van der Waals surface area (Å²) in [5.74, 6) is 0.167. The molecule has 0 radical (unpaired) electrons. The number of carbonyl (C=O) groups excluding carboxylic acids is 1. The number of anilines is 1. The number of rotatable bonds is 3. The van der Waals surface area contributed by atoms with E-state index in [9.17, 15) is 18.0 Å². The van der Waals surface area contributed by atoms with Gasteiger partial charge in [-0.15, -0.1) is 0 Å². The minimum Gasteiger partial charge on any atom is -0.310 e. The molecule has 0 bridgehead atoms. The fourth-order valence-electron chi connectivity index (χ4n) is 3.48. The van der Waals surface area contributed by atoms with E-state index in [0.717, 1.165) is 28.4 Å². The molecule has 3 aromatic heterocycles. The maximum Gasteiger partial charge on any atom is 0.433 e. The van der Waals surface area contributed by atoms with Crippen LogP contribution in [0.5, 0.6) is 0 Å². The molecule has 0 saturated heterocycles. The van der Waals surface area contributed by atoms with Gasteiger partial charge in [0.1, 0.15) is 16.9 Å². The molecule has 0 atom stereocenters. The highest BCUT2D eigenvalue weighted by atomic mass is 19.4. The van der Waals surface area contributed by atoms with Gasteiger partial charge in [-0.1, -0.05) is 0 Å². The fourth-order valence-corrected chi connectivity index (χ4v) is 3.48. The molecule has 1 amide bonds. The summed E-state index contributed by atoms with van der Waals surface area (Å²) >= 11 is 0. The van der Waals surface area contributed by atoms with E-state index in [0.29, 0.717) is 17.0 Å². The number of benzene rings is 1. The van der Waals surface area contributed by atoms with Crippen LogP contribution in [0.25, 0.3) is 22.4 Å². The third-order valence-electron chi connectivity index (χ3n) is 5.22. The summed E-state index contributed by atoms with van der Waals surface area (Å²) in [6, 6.07) is 7.55. The maximum atomic E-state index is 12.9. The molecule has 3 heterocycles. The van der Waals surface area contributed by atoms with Crippen molar-refractivity contribution in [3.8, 4) is 11.4 Å². The minimum absolute atomic E-state index is 0.0658. The van der Waals surface area contributed by atoms with E-state index in [2.05, 4.69) is 20.1 Å². The first-order chi connectivity index (χ1) is 15.1. The van der Waals surface area contributed by atoms with Gasteiger partial charge in [-0.05, 0) is 55.3 Å². The van der Waals surface area contributed by atoms with Crippen LogP contribution in [0.3, 0.4) is 0 Å². The number of aromatic nitrogens is 5. The number of nitrogens with zero attached hydrogens (tertiary/aromatic N) is 6. The van der Waals surface area contributed by atoms with E-state index in [1.54, 1.807) is 31.3 Å². The van der Waals surface area contributed by atoms with Gasteiger partial charge in [-0.25, -0.2) is 15.0 Å². The van der Waals surface area contributed by atoms with Gasteiger partial charge in [-0.3, -0.25) is 9.48 Å². The van der Waals surface area contributed by atoms with Crippen molar-refractivity contribution in [1.82, 2.24) is 24.7 Å². The smallest absolute Gasteiger partial charge is 0.310 e. The van der Waals surface area contributed by atoms with Crippen molar-refractivity contribution in [3.63, 3.8) is 0 Å². The first kappa shape index (κ1) is 21.4. The van der Waals surface area contributed by atoms with E-state index >= 15 is 0 Å². The zero-order valence-corrected chi connectivity index (χ0v) is 17.8. The molecular formula is C22H19F3N6O. The van der Waals surface area contributed by atoms with Crippen LogP contribution >= 0.6 is 0 Å². The SMILES string of the molecule is Cc1cc(N(C)C(=O)c2ccnn2C)c(C)cc1-c1ncc2nc(C(F)(F)F)ccc2n1. The average Bonchev–Trinajstić information content (AvgIpc) is 3.18. The Bertz CT molecular complexity index is 1350. The van der Waals surface area contributed by atoms with Crippen molar-refractivity contribution in [3.05, 3.63) is 65.2 Å². The molecule has 0 unspecified atom stereocenters. The van der Waals surface area contributed by atoms with Gasteiger partial charge in [0.25, 0.3) is 5.91 Å². The van der Waals surface area contributed by atoms with Gasteiger partial charge in [0.2, 0.25) is 0 Å². The summed E-state index contributed by atoms with van der Waals surface area (Å²) in [6.45, 7) is 3.72. The molecule has 10 heteroatoms. The molecule has 7 nitrogen and oxygen atoms in total. The maximum absolute atomic E-state index is 12.9. The second-order valence-corrected chi connectivity index (χ2v) is 7.45. The molecule has 32 heavy (non-hydrogen) atoms. The summed E-state index contributed by atoms with van der Waals surface area (Å²) < 4.78 is 40.2. The number of alkyl halides is 3. The number of hydrogen-bond donors (Lipinski definition) is 0. The summed E-state index contributed by atoms with van der Waals surface area (Å²) in [4.78, 5) is 26.6. The zero-order valence-electron chi connectivity index (χ0n) is 17.8. The molecule has 164 valence electrons. The number of carbonyl (C=O) groups is 1. The Balaban J connectivity index is 1.71. The number of aryl methyl sites for hydroxylation is 3. The van der Waals surface area contributed by atoms with E-state index < -0.39 is 11.9 Å². The lowest BCUT2D eigenvalue weighted by Crippen LogP contribution is -2.29. The standard InChI is InChI=1S/C22H19F3N6O/c1-12-10-18(30(3)21(32)17-7-8-27-31(17)4)13(2)9-14(12)20-26-11-16-15(29-20)5-6-19(28-16)22(23,24)25/h5-11H,1-4H3. The van der Waals surface area contributed by atoms with Crippen LogP contribution < -0.4 is 4.90 Å². The number of fused-ring (bicyclic) bond motifs is 1. The van der Waals surface area contributed by atoms with Crippen LogP contribution in [-0.4, -0.2) is 37.7 Å². The van der Waals surface area contributed by atoms with Crippen molar-refractivity contribution in [2.45, 2.75) is 20.0 Å². The van der Waals surface area contributed by atoms with Gasteiger partial charge in [0, 0.05) is 31.5 Å². The highest BCUT2D eigenvalue weighted by molar-refractivity contribution is 6.05. The van der Waals surface area contributed by atoms with Crippen LogP contribution in [0.15, 0.2) is 42.7 Å². The molecule has 1 aromatic carbocycles. The summed E-state index contributed by atoms with van der Waals surface area (Å²) in [5.41, 5.74) is 2.91. The molecule has 0 aliphatic heterocycles. The molecule has 0 aliphatic carbocycles. The molecule has 4 rings (SSSR count). The lowest BCUT2D eigenvalue weighted by Gasteiger charge is -2.21. The third kappa shape index (κ3) is 3.79. The Hall–Kier alpha value is -3.82. The van der Waals surface area contributed by atoms with Gasteiger partial charge in [0.15, 0.2) is 5.82 Å². The van der Waals surface area contributed by atoms with E-state index in [1.165, 1.54) is 16.9 Å². The molecule has 0 aliphatic rings. The van der Waals surface area contributed by atoms with Crippen molar-refractivity contribution >= 4 is 22.6 Å². The van der Waals surface area contributed by atoms with Gasteiger partial charge in [-0.2, -0.15) is 18.3 Å². The normalized spacial score (nSPS) is 11.7. The Morgan fingerprint density at radius 1 is 1.03 bits per heavy atom. The lowest BCUT2D eigenvalue weighted by atomic mass is 10.0. The zero-order chi connectivity index (χ0) is 23.2. The van der Waals surface area contributed by atoms with Crippen LogP contribution in [0, 0.1) is 13.8 Å². The Kier molecular flexibility index (Phi) is 5.15. The summed E-state index contributed by atoms with van der Waals surface area (Å²) in [7, 11) is 3.39. The average molecular weight is 440 g/mol. The van der Waals surface area contributed by atoms with Gasteiger partial charge >= 0.3 is 6.18 Å². The predicted octanol–water partition coefficient (Wildman–Crippen LogP) is 4.34. The first-order valence-electron chi connectivity index (χ1n) is 9.65. The summed E-state index contributed by atoms with van der Waals surface area (Å²) in [5, 5.41) is 4.04. The van der Waals surface area contributed by atoms with Gasteiger partial charge < -0.3 is 4.90 Å². The molecular weight excluding hydrogens is 421 g/mol. The Morgan fingerprint density at radius 3 is 2.44 bits per heavy atom. The number of amides is 1. The molecule has 0 saturated carbocycles. The molecule has 0 N–H and O–H groups in total.